The van der Waals surface area contributed by atoms with E-state index in [0.29, 0.717) is 22.9 Å². The summed E-state index contributed by atoms with van der Waals surface area (Å²) in [7, 11) is 0. The summed E-state index contributed by atoms with van der Waals surface area (Å²) in [6.45, 7) is 2.40. The monoisotopic (exact) mass is 675 g/mol. The van der Waals surface area contributed by atoms with Gasteiger partial charge in [-0.25, -0.2) is 5.43 Å². The maximum atomic E-state index is 12.7. The molecular formula is C32H24Br2ClN3O2. The lowest BCUT2D eigenvalue weighted by molar-refractivity contribution is 0.0955. The molecule has 5 aromatic rings. The Labute approximate surface area is 254 Å². The summed E-state index contributed by atoms with van der Waals surface area (Å²) in [4.78, 5) is 12.7. The van der Waals surface area contributed by atoms with Gasteiger partial charge in [0.1, 0.15) is 12.4 Å². The highest BCUT2D eigenvalue weighted by Gasteiger charge is 2.12. The van der Waals surface area contributed by atoms with Crippen LogP contribution in [0.4, 0.5) is 0 Å². The van der Waals surface area contributed by atoms with E-state index in [2.05, 4.69) is 78.1 Å². The number of benzene rings is 4. The lowest BCUT2D eigenvalue weighted by Gasteiger charge is -2.13. The summed E-state index contributed by atoms with van der Waals surface area (Å²) in [6, 6.07) is 33.2. The quantitative estimate of drug-likeness (QED) is 0.132. The topological polar surface area (TPSA) is 55.6 Å². The van der Waals surface area contributed by atoms with E-state index >= 15 is 0 Å². The Hall–Kier alpha value is -3.65. The first kappa shape index (κ1) is 27.9. The van der Waals surface area contributed by atoms with Crippen LogP contribution in [0.1, 0.15) is 27.2 Å². The summed E-state index contributed by atoms with van der Waals surface area (Å²) in [5.41, 5.74) is 9.10. The molecule has 1 heterocycles. The second kappa shape index (κ2) is 12.7. The van der Waals surface area contributed by atoms with Crippen molar-refractivity contribution in [3.05, 3.63) is 139 Å². The van der Waals surface area contributed by atoms with E-state index in [0.717, 1.165) is 42.7 Å². The van der Waals surface area contributed by atoms with Crippen molar-refractivity contribution < 1.29 is 9.53 Å². The van der Waals surface area contributed by atoms with Gasteiger partial charge in [0.05, 0.1) is 20.9 Å². The molecule has 4 aromatic carbocycles. The van der Waals surface area contributed by atoms with Crippen LogP contribution >= 0.6 is 43.5 Å². The molecule has 0 spiro atoms. The lowest BCUT2D eigenvalue weighted by Crippen LogP contribution is -2.17. The Balaban J connectivity index is 1.24. The van der Waals surface area contributed by atoms with E-state index in [1.807, 2.05) is 66.7 Å². The highest BCUT2D eigenvalue weighted by atomic mass is 79.9. The Morgan fingerprint density at radius 1 is 0.925 bits per heavy atom. The number of hydrogen-bond donors (Lipinski definition) is 1. The molecule has 8 heteroatoms. The number of rotatable bonds is 8. The molecule has 0 saturated carbocycles. The molecule has 0 atom stereocenters. The molecule has 0 unspecified atom stereocenters. The van der Waals surface area contributed by atoms with Crippen LogP contribution < -0.4 is 10.2 Å². The summed E-state index contributed by atoms with van der Waals surface area (Å²) in [5, 5.41) is 4.80. The van der Waals surface area contributed by atoms with Crippen LogP contribution in [0.5, 0.6) is 5.75 Å². The number of aryl methyl sites for hydroxylation is 1. The molecular weight excluding hydrogens is 654 g/mol. The molecule has 0 radical (unpaired) electrons. The van der Waals surface area contributed by atoms with Gasteiger partial charge in [0.25, 0.3) is 5.91 Å². The number of carbonyl (C=O) groups is 1. The third-order valence-corrected chi connectivity index (χ3v) is 7.81. The van der Waals surface area contributed by atoms with Crippen molar-refractivity contribution in [2.45, 2.75) is 13.5 Å². The van der Waals surface area contributed by atoms with Crippen LogP contribution in [0, 0.1) is 6.92 Å². The van der Waals surface area contributed by atoms with Crippen LogP contribution in [-0.2, 0) is 6.61 Å². The van der Waals surface area contributed by atoms with Gasteiger partial charge in [-0.15, -0.1) is 0 Å². The van der Waals surface area contributed by atoms with Gasteiger partial charge in [0.15, 0.2) is 0 Å². The predicted octanol–water partition coefficient (Wildman–Crippen LogP) is 8.97. The number of hydrazone groups is 1. The summed E-state index contributed by atoms with van der Waals surface area (Å²) >= 11 is 13.3. The fraction of sp³-hybridized carbons (Fsp3) is 0.0625. The lowest BCUT2D eigenvalue weighted by atomic mass is 10.1. The Kier molecular flexibility index (Phi) is 8.85. The fourth-order valence-electron chi connectivity index (χ4n) is 4.26. The molecule has 200 valence electrons. The Bertz CT molecular complexity index is 1660. The van der Waals surface area contributed by atoms with Crippen LogP contribution in [0.25, 0.3) is 16.9 Å². The van der Waals surface area contributed by atoms with Gasteiger partial charge in [0.2, 0.25) is 0 Å². The number of aromatic nitrogens is 1. The third-order valence-electron chi connectivity index (χ3n) is 6.26. The minimum absolute atomic E-state index is 0.298. The molecule has 0 saturated heterocycles. The van der Waals surface area contributed by atoms with E-state index in [-0.39, 0.29) is 5.91 Å². The zero-order valence-corrected chi connectivity index (χ0v) is 25.4. The molecule has 0 aliphatic heterocycles. The van der Waals surface area contributed by atoms with Gasteiger partial charge >= 0.3 is 0 Å². The van der Waals surface area contributed by atoms with Crippen molar-refractivity contribution in [1.29, 1.82) is 0 Å². The van der Waals surface area contributed by atoms with Crippen molar-refractivity contribution in [2.24, 2.45) is 5.10 Å². The summed E-state index contributed by atoms with van der Waals surface area (Å²) in [6.07, 6.45) is 1.58. The van der Waals surface area contributed by atoms with E-state index in [1.54, 1.807) is 18.3 Å². The van der Waals surface area contributed by atoms with E-state index in [1.165, 1.54) is 0 Å². The maximum absolute atomic E-state index is 12.7. The van der Waals surface area contributed by atoms with Crippen molar-refractivity contribution in [1.82, 2.24) is 9.99 Å². The molecule has 1 N–H and O–H groups in total. The standard InChI is InChI=1S/C32H24Br2ClN3O2/c1-21-11-16-30(23-7-3-2-4-8-23)38(21)26-14-12-24(13-15-26)32(39)37-36-19-22-17-27(33)31(28(34)18-22)40-20-25-9-5-6-10-29(25)35/h2-19H,20H2,1H3,(H,37,39)/b36-19+. The highest BCUT2D eigenvalue weighted by molar-refractivity contribution is 9.11. The smallest absolute Gasteiger partial charge is 0.271 e. The second-order valence-electron chi connectivity index (χ2n) is 9.00. The van der Waals surface area contributed by atoms with Crippen LogP contribution in [0.15, 0.2) is 117 Å². The molecule has 5 rings (SSSR count). The van der Waals surface area contributed by atoms with Gasteiger partial charge in [-0.05, 0) is 105 Å². The first-order chi connectivity index (χ1) is 19.4. The van der Waals surface area contributed by atoms with E-state index in [9.17, 15) is 4.79 Å². The molecule has 0 aliphatic carbocycles. The molecule has 0 aliphatic rings. The highest BCUT2D eigenvalue weighted by Crippen LogP contribution is 2.35. The average molecular weight is 678 g/mol. The molecule has 1 amide bonds. The Morgan fingerprint density at radius 3 is 2.30 bits per heavy atom. The van der Waals surface area contributed by atoms with Crippen LogP contribution in [0.3, 0.4) is 0 Å². The molecule has 1 aromatic heterocycles. The third kappa shape index (κ3) is 6.39. The number of amides is 1. The van der Waals surface area contributed by atoms with Crippen molar-refractivity contribution >= 4 is 55.6 Å². The number of hydrogen-bond acceptors (Lipinski definition) is 3. The number of carbonyl (C=O) groups excluding carboxylic acids is 1. The average Bonchev–Trinajstić information content (AvgIpc) is 3.35. The number of halogens is 3. The summed E-state index contributed by atoms with van der Waals surface area (Å²) < 4.78 is 9.63. The predicted molar refractivity (Wildman–Crippen MR) is 169 cm³/mol. The minimum atomic E-state index is -0.298. The van der Waals surface area contributed by atoms with Gasteiger partial charge in [0, 0.05) is 27.5 Å². The SMILES string of the molecule is Cc1ccc(-c2ccccc2)n1-c1ccc(C(=O)N/N=C/c2cc(Br)c(OCc3ccccc3Cl)c(Br)c2)cc1. The normalized spacial score (nSPS) is 11.1. The van der Waals surface area contributed by atoms with Crippen molar-refractivity contribution in [2.75, 3.05) is 0 Å². The molecule has 5 nitrogen and oxygen atoms in total. The van der Waals surface area contributed by atoms with Crippen LogP contribution in [0.2, 0.25) is 5.02 Å². The molecule has 0 bridgehead atoms. The van der Waals surface area contributed by atoms with Crippen LogP contribution in [-0.4, -0.2) is 16.7 Å². The fourth-order valence-corrected chi connectivity index (χ4v) is 5.91. The van der Waals surface area contributed by atoms with E-state index in [4.69, 9.17) is 16.3 Å². The maximum Gasteiger partial charge on any atom is 0.271 e. The zero-order chi connectivity index (χ0) is 28.1. The number of nitrogens with zero attached hydrogens (tertiary/aromatic N) is 2. The number of ether oxygens (including phenoxy) is 1. The van der Waals surface area contributed by atoms with Crippen molar-refractivity contribution in [3.63, 3.8) is 0 Å². The zero-order valence-electron chi connectivity index (χ0n) is 21.4. The second-order valence-corrected chi connectivity index (χ2v) is 11.1. The van der Waals surface area contributed by atoms with Gasteiger partial charge in [-0.1, -0.05) is 60.1 Å². The number of nitrogens with one attached hydrogen (secondary N) is 1. The first-order valence-electron chi connectivity index (χ1n) is 12.4. The summed E-state index contributed by atoms with van der Waals surface area (Å²) in [5.74, 6) is 0.350. The molecule has 0 fully saturated rings. The Morgan fingerprint density at radius 2 is 1.60 bits per heavy atom. The van der Waals surface area contributed by atoms with Crippen molar-refractivity contribution in [3.8, 4) is 22.7 Å². The first-order valence-corrected chi connectivity index (χ1v) is 14.4. The molecule has 40 heavy (non-hydrogen) atoms. The van der Waals surface area contributed by atoms with Gasteiger partial charge in [-0.2, -0.15) is 5.10 Å². The van der Waals surface area contributed by atoms with Gasteiger partial charge < -0.3 is 9.30 Å². The van der Waals surface area contributed by atoms with Gasteiger partial charge in [-0.3, -0.25) is 4.79 Å². The van der Waals surface area contributed by atoms with E-state index < -0.39 is 0 Å². The minimum Gasteiger partial charge on any atom is -0.486 e. The largest absolute Gasteiger partial charge is 0.486 e.